The molecule has 0 saturated heterocycles. The maximum atomic E-state index is 13.3. The molecule has 4 aromatic carbocycles. The highest BCUT2D eigenvalue weighted by Crippen LogP contribution is 2.34. The number of anilines is 2. The van der Waals surface area contributed by atoms with Crippen LogP contribution in [0.25, 0.3) is 0 Å². The van der Waals surface area contributed by atoms with E-state index in [1.54, 1.807) is 12.4 Å². The molecule has 0 spiro atoms. The third kappa shape index (κ3) is 12.8. The normalized spacial score (nSPS) is 15.4. The van der Waals surface area contributed by atoms with Crippen LogP contribution in [0.15, 0.2) is 122 Å². The first-order chi connectivity index (χ1) is 32.0. The van der Waals surface area contributed by atoms with Gasteiger partial charge in [0.25, 0.3) is 11.8 Å². The minimum Gasteiger partial charge on any atom is -0.490 e. The third-order valence-corrected chi connectivity index (χ3v) is 9.72. The second-order valence-electron chi connectivity index (χ2n) is 14.3. The van der Waals surface area contributed by atoms with Crippen LogP contribution in [-0.4, -0.2) is 72.4 Å². The molecule has 0 bridgehead atoms. The van der Waals surface area contributed by atoms with Crippen LogP contribution in [0, 0.1) is 0 Å². The Morgan fingerprint density at radius 1 is 0.530 bits per heavy atom. The zero-order valence-electron chi connectivity index (χ0n) is 36.7. The standard InChI is InChI=1S/C48H50N6O12/c1-5-61-39-23-17-33(29-41(39)63-7-3)37-11-9-27-53(51-37)45(57)31-13-19-35(20-14-31)49-47(59)65-43(55)25-26-44(56)66-48(60)50-36-21-15-32(16-22-36)46(58)54-28-10-12-38(52-54)34-18-24-40(62-6-2)42(30-34)64-8-4/h9-10,13-30,37-38,51-52H,5-8,11-12H2,1-4H3,(H,49,59)(H,50,60)/b26-25+. The zero-order valence-corrected chi connectivity index (χ0v) is 36.7. The Morgan fingerprint density at radius 3 is 1.26 bits per heavy atom. The lowest BCUT2D eigenvalue weighted by Crippen LogP contribution is -2.43. The van der Waals surface area contributed by atoms with E-state index in [4.69, 9.17) is 18.9 Å². The molecule has 0 fully saturated rings. The summed E-state index contributed by atoms with van der Waals surface area (Å²) >= 11 is 0. The quantitative estimate of drug-likeness (QED) is 0.0478. The summed E-state index contributed by atoms with van der Waals surface area (Å²) in [7, 11) is 0. The van der Waals surface area contributed by atoms with E-state index < -0.39 is 24.1 Å². The van der Waals surface area contributed by atoms with Gasteiger partial charge in [-0.2, -0.15) is 0 Å². The van der Waals surface area contributed by atoms with Gasteiger partial charge in [-0.25, -0.2) is 40.0 Å². The number of hydrogen-bond donors (Lipinski definition) is 4. The van der Waals surface area contributed by atoms with Gasteiger partial charge >= 0.3 is 24.1 Å². The van der Waals surface area contributed by atoms with Crippen LogP contribution in [-0.2, 0) is 19.1 Å². The van der Waals surface area contributed by atoms with Crippen molar-refractivity contribution < 1.29 is 57.2 Å². The first-order valence-corrected chi connectivity index (χ1v) is 21.2. The molecule has 4 N–H and O–H groups in total. The number of amides is 4. The topological polar surface area (TPSA) is 212 Å². The summed E-state index contributed by atoms with van der Waals surface area (Å²) in [4.78, 5) is 75.9. The van der Waals surface area contributed by atoms with Crippen molar-refractivity contribution in [2.24, 2.45) is 0 Å². The number of hydrogen-bond acceptors (Lipinski definition) is 14. The lowest BCUT2D eigenvalue weighted by atomic mass is 10.0. The van der Waals surface area contributed by atoms with Gasteiger partial charge in [0.05, 0.1) is 38.5 Å². The van der Waals surface area contributed by atoms with Crippen LogP contribution in [0.3, 0.4) is 0 Å². The second kappa shape index (κ2) is 23.1. The molecular weight excluding hydrogens is 853 g/mol. The monoisotopic (exact) mass is 902 g/mol. The van der Waals surface area contributed by atoms with E-state index in [0.29, 0.717) is 85.5 Å². The Labute approximate surface area is 381 Å². The molecular formula is C48H50N6O12. The van der Waals surface area contributed by atoms with Gasteiger partial charge in [0.1, 0.15) is 0 Å². The molecule has 344 valence electrons. The predicted octanol–water partition coefficient (Wildman–Crippen LogP) is 7.90. The minimum absolute atomic E-state index is 0.213. The number of ether oxygens (including phenoxy) is 6. The van der Waals surface area contributed by atoms with E-state index in [1.807, 2.05) is 76.2 Å². The summed E-state index contributed by atoms with van der Waals surface area (Å²) in [6, 6.07) is 22.6. The summed E-state index contributed by atoms with van der Waals surface area (Å²) in [5, 5.41) is 7.46. The molecule has 4 aromatic rings. The molecule has 0 aliphatic carbocycles. The second-order valence-corrected chi connectivity index (χ2v) is 14.3. The average molecular weight is 903 g/mol. The number of carbonyl (C=O) groups excluding carboxylic acids is 6. The van der Waals surface area contributed by atoms with Crippen LogP contribution < -0.4 is 40.4 Å². The number of nitrogens with one attached hydrogen (secondary N) is 4. The van der Waals surface area contributed by atoms with Crippen molar-refractivity contribution in [2.45, 2.75) is 52.6 Å². The van der Waals surface area contributed by atoms with Crippen molar-refractivity contribution in [3.8, 4) is 23.0 Å². The first kappa shape index (κ1) is 47.5. The fourth-order valence-corrected chi connectivity index (χ4v) is 6.72. The fraction of sp³-hybridized carbons (Fsp3) is 0.250. The summed E-state index contributed by atoms with van der Waals surface area (Å²) in [5.74, 6) is -0.671. The summed E-state index contributed by atoms with van der Waals surface area (Å²) < 4.78 is 32.2. The first-order valence-electron chi connectivity index (χ1n) is 21.2. The van der Waals surface area contributed by atoms with Gasteiger partial charge in [0.2, 0.25) is 0 Å². The third-order valence-electron chi connectivity index (χ3n) is 9.72. The van der Waals surface area contributed by atoms with Gasteiger partial charge in [-0.05, 0) is 124 Å². The number of hydrazine groups is 2. The van der Waals surface area contributed by atoms with E-state index in [9.17, 15) is 28.8 Å². The number of benzene rings is 4. The van der Waals surface area contributed by atoms with Crippen molar-refractivity contribution in [2.75, 3.05) is 37.1 Å². The van der Waals surface area contributed by atoms with E-state index in [1.165, 1.54) is 58.5 Å². The lowest BCUT2D eigenvalue weighted by Gasteiger charge is -2.30. The molecule has 2 aliphatic rings. The Bertz CT molecular complexity index is 2320. The molecule has 2 atom stereocenters. The molecule has 66 heavy (non-hydrogen) atoms. The van der Waals surface area contributed by atoms with Crippen LogP contribution >= 0.6 is 0 Å². The van der Waals surface area contributed by atoms with Gasteiger partial charge in [-0.1, -0.05) is 24.3 Å². The lowest BCUT2D eigenvalue weighted by molar-refractivity contribution is -0.134. The summed E-state index contributed by atoms with van der Waals surface area (Å²) in [6.07, 6.45) is 7.15. The molecule has 18 heteroatoms. The van der Waals surface area contributed by atoms with Crippen molar-refractivity contribution in [3.63, 3.8) is 0 Å². The molecule has 4 amide bonds. The number of rotatable bonds is 16. The van der Waals surface area contributed by atoms with Crippen molar-refractivity contribution in [1.82, 2.24) is 20.9 Å². The number of esters is 2. The van der Waals surface area contributed by atoms with Crippen molar-refractivity contribution in [3.05, 3.63) is 144 Å². The predicted molar refractivity (Wildman–Crippen MR) is 241 cm³/mol. The van der Waals surface area contributed by atoms with Gasteiger partial charge in [0.15, 0.2) is 23.0 Å². The maximum Gasteiger partial charge on any atom is 0.419 e. The van der Waals surface area contributed by atoms with Crippen LogP contribution in [0.1, 0.15) is 84.5 Å². The SMILES string of the molecule is CCOc1ccc(C2CC=CN(C(=O)c3ccc(NC(=O)OC(=O)/C=C/C(=O)OC(=O)Nc4ccc(C(=O)N5C=CCC(c6ccc(OCC)c(OCC)c6)N5)cc4)cc3)N2)cc1OCC. The van der Waals surface area contributed by atoms with Crippen LogP contribution in [0.4, 0.5) is 21.0 Å². The van der Waals surface area contributed by atoms with Crippen LogP contribution in [0.5, 0.6) is 23.0 Å². The molecule has 2 unspecified atom stereocenters. The van der Waals surface area contributed by atoms with E-state index in [-0.39, 0.29) is 35.3 Å². The summed E-state index contributed by atoms with van der Waals surface area (Å²) in [5.41, 5.74) is 9.27. The Morgan fingerprint density at radius 2 is 0.894 bits per heavy atom. The van der Waals surface area contributed by atoms with Gasteiger partial charge < -0.3 is 28.4 Å². The number of nitrogens with zero attached hydrogens (tertiary/aromatic N) is 2. The highest BCUT2D eigenvalue weighted by molar-refractivity contribution is 6.02. The van der Waals surface area contributed by atoms with Gasteiger partial charge in [0, 0.05) is 47.1 Å². The van der Waals surface area contributed by atoms with E-state index >= 15 is 0 Å². The highest BCUT2D eigenvalue weighted by atomic mass is 16.6. The summed E-state index contributed by atoms with van der Waals surface area (Å²) in [6.45, 7) is 9.49. The van der Waals surface area contributed by atoms with Gasteiger partial charge in [-0.15, -0.1) is 0 Å². The zero-order chi connectivity index (χ0) is 47.0. The van der Waals surface area contributed by atoms with E-state index in [0.717, 1.165) is 11.1 Å². The molecule has 2 heterocycles. The smallest absolute Gasteiger partial charge is 0.419 e. The van der Waals surface area contributed by atoms with Crippen molar-refractivity contribution in [1.29, 1.82) is 0 Å². The van der Waals surface area contributed by atoms with Crippen molar-refractivity contribution >= 4 is 47.3 Å². The largest absolute Gasteiger partial charge is 0.490 e. The van der Waals surface area contributed by atoms with Gasteiger partial charge in [-0.3, -0.25) is 20.2 Å². The number of carbonyl (C=O) groups is 6. The molecule has 0 radical (unpaired) electrons. The maximum absolute atomic E-state index is 13.3. The minimum atomic E-state index is -1.23. The highest BCUT2D eigenvalue weighted by Gasteiger charge is 2.25. The van der Waals surface area contributed by atoms with E-state index in [2.05, 4.69) is 31.0 Å². The van der Waals surface area contributed by atoms with Crippen LogP contribution in [0.2, 0.25) is 0 Å². The Kier molecular flexibility index (Phi) is 16.6. The average Bonchev–Trinajstić information content (AvgIpc) is 3.32. The molecule has 18 nitrogen and oxygen atoms in total. The fourth-order valence-electron chi connectivity index (χ4n) is 6.72. The molecule has 0 saturated carbocycles. The Balaban J connectivity index is 0.923. The Hall–Kier alpha value is -7.96. The molecule has 2 aliphatic heterocycles. The molecule has 0 aromatic heterocycles. The molecule has 6 rings (SSSR count).